The molecule has 0 aliphatic rings. The van der Waals surface area contributed by atoms with Crippen LogP contribution < -0.4 is 4.74 Å². The summed E-state index contributed by atoms with van der Waals surface area (Å²) in [5, 5.41) is -0.354. The summed E-state index contributed by atoms with van der Waals surface area (Å²) in [4.78, 5) is 1.08. The molecule has 0 bridgehead atoms. The third-order valence-electron chi connectivity index (χ3n) is 6.34. The van der Waals surface area contributed by atoms with E-state index in [0.29, 0.717) is 29.0 Å². The lowest BCUT2D eigenvalue weighted by Gasteiger charge is -2.23. The van der Waals surface area contributed by atoms with Crippen molar-refractivity contribution in [2.45, 2.75) is 51.4 Å². The Bertz CT molecular complexity index is 1400. The van der Waals surface area contributed by atoms with Gasteiger partial charge in [0.2, 0.25) is 0 Å². The van der Waals surface area contributed by atoms with Crippen LogP contribution in [0, 0.1) is 0 Å². The van der Waals surface area contributed by atoms with Gasteiger partial charge in [-0.05, 0) is 82.9 Å². The van der Waals surface area contributed by atoms with E-state index in [2.05, 4.69) is 0 Å². The fourth-order valence-electron chi connectivity index (χ4n) is 4.15. The van der Waals surface area contributed by atoms with Crippen LogP contribution in [0.4, 0.5) is 39.5 Å². The molecule has 3 aromatic carbocycles. The molecule has 228 valence electrons. The van der Waals surface area contributed by atoms with Gasteiger partial charge in [-0.1, -0.05) is 26.0 Å². The molecule has 0 aliphatic heterocycles. The fourth-order valence-corrected chi connectivity index (χ4v) is 4.27. The summed E-state index contributed by atoms with van der Waals surface area (Å²) < 4.78 is 131. The number of thiocarbonyl (C=S) groups is 1. The molecule has 42 heavy (non-hydrogen) atoms. The molecule has 0 heterocycles. The van der Waals surface area contributed by atoms with Gasteiger partial charge in [0, 0.05) is 19.2 Å². The van der Waals surface area contributed by atoms with Crippen molar-refractivity contribution >= 4 is 17.4 Å². The Morgan fingerprint density at radius 2 is 1.33 bits per heavy atom. The predicted molar refractivity (Wildman–Crippen MR) is 143 cm³/mol. The number of halogens is 9. The number of methoxy groups -OCH3 is 1. The minimum atomic E-state index is -5.03. The summed E-state index contributed by atoms with van der Waals surface area (Å²) in [6.45, 7) is 2.91. The number of alkyl halides is 9. The van der Waals surface area contributed by atoms with Gasteiger partial charge in [0.1, 0.15) is 12.4 Å². The van der Waals surface area contributed by atoms with Gasteiger partial charge in [0.25, 0.3) is 5.17 Å². The first-order valence-corrected chi connectivity index (χ1v) is 12.8. The third-order valence-corrected chi connectivity index (χ3v) is 6.77. The van der Waals surface area contributed by atoms with Crippen LogP contribution in [-0.2, 0) is 36.4 Å². The van der Waals surface area contributed by atoms with Crippen LogP contribution in [0.3, 0.4) is 0 Å². The first-order valence-electron chi connectivity index (χ1n) is 12.4. The Morgan fingerprint density at radius 1 is 0.762 bits per heavy atom. The summed E-state index contributed by atoms with van der Waals surface area (Å²) >= 11 is 5.17. The topological polar surface area (TPSA) is 21.7 Å². The van der Waals surface area contributed by atoms with Gasteiger partial charge < -0.3 is 14.4 Å². The maximum absolute atomic E-state index is 13.6. The average molecular weight is 624 g/mol. The molecule has 3 rings (SSSR count). The maximum Gasteiger partial charge on any atom is 0.416 e. The molecule has 0 unspecified atom stereocenters. The summed E-state index contributed by atoms with van der Waals surface area (Å²) in [6, 6.07) is 9.52. The van der Waals surface area contributed by atoms with Crippen molar-refractivity contribution in [3.8, 4) is 16.9 Å². The zero-order valence-corrected chi connectivity index (χ0v) is 23.6. The van der Waals surface area contributed by atoms with Gasteiger partial charge in [0.05, 0.1) is 23.8 Å². The zero-order chi connectivity index (χ0) is 31.6. The van der Waals surface area contributed by atoms with Gasteiger partial charge >= 0.3 is 18.5 Å². The van der Waals surface area contributed by atoms with Gasteiger partial charge in [-0.2, -0.15) is 39.5 Å². The zero-order valence-electron chi connectivity index (χ0n) is 22.8. The molecule has 0 saturated heterocycles. The summed E-state index contributed by atoms with van der Waals surface area (Å²) in [6.07, 6.45) is -14.7. The number of benzene rings is 3. The average Bonchev–Trinajstić information content (AvgIpc) is 2.89. The lowest BCUT2D eigenvalue weighted by molar-refractivity contribution is -0.143. The first-order chi connectivity index (χ1) is 19.3. The van der Waals surface area contributed by atoms with Gasteiger partial charge in [0.15, 0.2) is 0 Å². The molecule has 3 nitrogen and oxygen atoms in total. The Morgan fingerprint density at radius 3 is 1.83 bits per heavy atom. The normalized spacial score (nSPS) is 12.4. The highest BCUT2D eigenvalue weighted by Gasteiger charge is 2.37. The highest BCUT2D eigenvalue weighted by atomic mass is 32.1. The van der Waals surface area contributed by atoms with E-state index < -0.39 is 48.4 Å². The van der Waals surface area contributed by atoms with Crippen LogP contribution in [-0.4, -0.2) is 24.2 Å². The molecule has 0 aromatic heterocycles. The van der Waals surface area contributed by atoms with Crippen LogP contribution in [0.1, 0.15) is 53.1 Å². The lowest BCUT2D eigenvalue weighted by atomic mass is 9.93. The molecule has 0 spiro atoms. The summed E-state index contributed by atoms with van der Waals surface area (Å²) in [5.41, 5.74) is -2.44. The summed E-state index contributed by atoms with van der Waals surface area (Å²) in [7, 11) is 2.69. The number of rotatable bonds is 7. The van der Waals surface area contributed by atoms with Crippen molar-refractivity contribution in [2.75, 3.05) is 14.2 Å². The quantitative estimate of drug-likeness (QED) is 0.193. The molecule has 0 saturated carbocycles. The second kappa shape index (κ2) is 12.4. The van der Waals surface area contributed by atoms with E-state index in [-0.39, 0.29) is 28.3 Å². The smallest absolute Gasteiger partial charge is 0.416 e. The number of hydrogen-bond acceptors (Lipinski definition) is 3. The number of ether oxygens (including phenoxy) is 2. The minimum absolute atomic E-state index is 0.00996. The highest BCUT2D eigenvalue weighted by Crippen LogP contribution is 2.39. The van der Waals surface area contributed by atoms with Crippen molar-refractivity contribution in [3.63, 3.8) is 0 Å². The Balaban J connectivity index is 1.93. The van der Waals surface area contributed by atoms with E-state index in [1.807, 2.05) is 19.9 Å². The van der Waals surface area contributed by atoms with E-state index >= 15 is 0 Å². The second-order valence-corrected chi connectivity index (χ2v) is 10.2. The maximum atomic E-state index is 13.6. The molecule has 0 N–H and O–H groups in total. The Kier molecular flexibility index (Phi) is 9.75. The number of nitrogens with zero attached hydrogens (tertiary/aromatic N) is 1. The molecule has 0 fully saturated rings. The van der Waals surface area contributed by atoms with Crippen molar-refractivity contribution in [3.05, 3.63) is 88.0 Å². The molecule has 0 amide bonds. The van der Waals surface area contributed by atoms with E-state index in [9.17, 15) is 39.5 Å². The third kappa shape index (κ3) is 8.08. The summed E-state index contributed by atoms with van der Waals surface area (Å²) in [5.74, 6) is 0.490. The second-order valence-electron chi connectivity index (χ2n) is 9.81. The molecule has 0 aliphatic carbocycles. The van der Waals surface area contributed by atoms with Crippen molar-refractivity contribution in [2.24, 2.45) is 0 Å². The monoisotopic (exact) mass is 623 g/mol. The van der Waals surface area contributed by atoms with Crippen LogP contribution in [0.25, 0.3) is 11.1 Å². The largest absolute Gasteiger partial charge is 0.496 e. The van der Waals surface area contributed by atoms with Gasteiger partial charge in [-0.25, -0.2) is 0 Å². The van der Waals surface area contributed by atoms with E-state index in [1.165, 1.54) is 20.2 Å². The van der Waals surface area contributed by atoms with Crippen LogP contribution >= 0.6 is 12.2 Å². The van der Waals surface area contributed by atoms with Crippen LogP contribution in [0.15, 0.2) is 54.6 Å². The fraction of sp³-hybridized carbons (Fsp3) is 0.345. The Labute approximate surface area is 241 Å². The molecule has 3 aromatic rings. The van der Waals surface area contributed by atoms with Crippen LogP contribution in [0.2, 0.25) is 0 Å². The SMILES string of the molecule is COc1ccc(C(C)C)cc1-c1ccc(C(F)(F)F)cc1COC(=S)N(C)Cc1cc(C(F)(F)F)cc(C(F)(F)F)c1. The lowest BCUT2D eigenvalue weighted by Crippen LogP contribution is -2.27. The molecule has 0 atom stereocenters. The minimum Gasteiger partial charge on any atom is -0.496 e. The first kappa shape index (κ1) is 33.0. The van der Waals surface area contributed by atoms with Crippen molar-refractivity contribution in [1.82, 2.24) is 4.90 Å². The molecule has 13 heteroatoms. The van der Waals surface area contributed by atoms with E-state index in [0.717, 1.165) is 22.6 Å². The highest BCUT2D eigenvalue weighted by molar-refractivity contribution is 7.80. The number of hydrogen-bond donors (Lipinski definition) is 0. The Hall–Kier alpha value is -3.48. The van der Waals surface area contributed by atoms with Crippen molar-refractivity contribution in [1.29, 1.82) is 0 Å². The van der Waals surface area contributed by atoms with Crippen LogP contribution in [0.5, 0.6) is 5.75 Å². The molecule has 0 radical (unpaired) electrons. The standard InChI is InChI=1S/C29H26F9NO2S/c1-16(2)18-5-8-25(40-4)24(12-18)23-7-6-20(27(30,31)32)11-19(23)15-41-26(42)39(3)14-17-9-21(28(33,34)35)13-22(10-17)29(36,37)38/h5-13,16H,14-15H2,1-4H3. The van der Waals surface area contributed by atoms with E-state index in [1.54, 1.807) is 12.1 Å². The van der Waals surface area contributed by atoms with Crippen molar-refractivity contribution < 1.29 is 49.0 Å². The van der Waals surface area contributed by atoms with Gasteiger partial charge in [-0.15, -0.1) is 0 Å². The van der Waals surface area contributed by atoms with Gasteiger partial charge in [-0.3, -0.25) is 0 Å². The molecular weight excluding hydrogens is 597 g/mol. The van der Waals surface area contributed by atoms with E-state index in [4.69, 9.17) is 21.7 Å². The molecular formula is C29H26F9NO2S. The predicted octanol–water partition coefficient (Wildman–Crippen LogP) is 9.48.